The number of likely N-dealkylation sites (tertiary alicyclic amines) is 1. The molecule has 2 heterocycles. The summed E-state index contributed by atoms with van der Waals surface area (Å²) in [5.74, 6) is 0. The largest absolute Gasteiger partial charge is 0.372 e. The van der Waals surface area contributed by atoms with Crippen molar-refractivity contribution in [2.75, 3.05) is 13.1 Å². The van der Waals surface area contributed by atoms with Crippen molar-refractivity contribution in [2.45, 2.75) is 62.8 Å². The zero-order valence-corrected chi connectivity index (χ0v) is 9.40. The summed E-state index contributed by atoms with van der Waals surface area (Å²) in [5.41, 5.74) is 5.95. The predicted molar refractivity (Wildman–Crippen MR) is 59.7 cm³/mol. The van der Waals surface area contributed by atoms with E-state index in [9.17, 15) is 0 Å². The zero-order valence-electron chi connectivity index (χ0n) is 9.40. The van der Waals surface area contributed by atoms with Crippen LogP contribution < -0.4 is 5.73 Å². The van der Waals surface area contributed by atoms with Gasteiger partial charge in [0, 0.05) is 25.2 Å². The maximum absolute atomic E-state index is 5.95. The summed E-state index contributed by atoms with van der Waals surface area (Å²) in [6.45, 7) is 2.35. The molecule has 0 amide bonds. The van der Waals surface area contributed by atoms with E-state index in [1.54, 1.807) is 0 Å². The molecule has 0 spiro atoms. The highest BCUT2D eigenvalue weighted by molar-refractivity contribution is 4.90. The first kappa shape index (κ1) is 10.1. The first-order valence-corrected chi connectivity index (χ1v) is 6.46. The Bertz CT molecular complexity index is 214. The topological polar surface area (TPSA) is 38.5 Å². The van der Waals surface area contributed by atoms with Gasteiger partial charge in [0.05, 0.1) is 12.2 Å². The summed E-state index contributed by atoms with van der Waals surface area (Å²) in [6, 6.07) is 1.27. The monoisotopic (exact) mass is 210 g/mol. The van der Waals surface area contributed by atoms with E-state index < -0.39 is 0 Å². The van der Waals surface area contributed by atoms with Crippen LogP contribution in [0, 0.1) is 0 Å². The molecule has 2 aliphatic heterocycles. The molecule has 1 aliphatic carbocycles. The molecule has 2 unspecified atom stereocenters. The van der Waals surface area contributed by atoms with Crippen LogP contribution in [0.25, 0.3) is 0 Å². The van der Waals surface area contributed by atoms with Crippen molar-refractivity contribution in [1.82, 2.24) is 4.90 Å². The Hall–Kier alpha value is -0.120. The molecule has 2 bridgehead atoms. The summed E-state index contributed by atoms with van der Waals surface area (Å²) in [6.07, 6.45) is 8.70. The van der Waals surface area contributed by atoms with Gasteiger partial charge in [0.25, 0.3) is 0 Å². The van der Waals surface area contributed by atoms with Crippen molar-refractivity contribution >= 4 is 0 Å². The molecule has 3 nitrogen and oxygen atoms in total. The average Bonchev–Trinajstić information content (AvgIpc) is 2.59. The molecule has 2 N–H and O–H groups in total. The van der Waals surface area contributed by atoms with Crippen LogP contribution >= 0.6 is 0 Å². The van der Waals surface area contributed by atoms with Gasteiger partial charge in [-0.15, -0.1) is 0 Å². The Balaban J connectivity index is 1.58. The Morgan fingerprint density at radius 2 is 1.47 bits per heavy atom. The number of hydrogen-bond donors (Lipinski definition) is 1. The summed E-state index contributed by atoms with van der Waals surface area (Å²) >= 11 is 0. The van der Waals surface area contributed by atoms with Crippen molar-refractivity contribution in [3.8, 4) is 0 Å². The third kappa shape index (κ3) is 2.05. The fourth-order valence-corrected chi connectivity index (χ4v) is 3.41. The van der Waals surface area contributed by atoms with Gasteiger partial charge in [-0.25, -0.2) is 0 Å². The second-order valence-electron chi connectivity index (χ2n) is 5.48. The number of nitrogens with zero attached hydrogens (tertiary/aromatic N) is 1. The van der Waals surface area contributed by atoms with E-state index in [0.29, 0.717) is 18.2 Å². The molecule has 0 aromatic rings. The van der Waals surface area contributed by atoms with E-state index in [2.05, 4.69) is 4.90 Å². The Morgan fingerprint density at radius 3 is 2.07 bits per heavy atom. The minimum Gasteiger partial charge on any atom is -0.372 e. The standard InChI is InChI=1S/C12H22N2O/c13-9-1-3-10(4-2-9)14-7-11-5-6-12(8-14)15-11/h9-12H,1-8,13H2. The molecule has 1 saturated carbocycles. The van der Waals surface area contributed by atoms with Gasteiger partial charge >= 0.3 is 0 Å². The van der Waals surface area contributed by atoms with Crippen LogP contribution in [0.2, 0.25) is 0 Å². The molecule has 3 rings (SSSR count). The summed E-state index contributed by atoms with van der Waals surface area (Å²) in [5, 5.41) is 0. The van der Waals surface area contributed by atoms with Gasteiger partial charge in [-0.05, 0) is 38.5 Å². The fraction of sp³-hybridized carbons (Fsp3) is 1.00. The van der Waals surface area contributed by atoms with Gasteiger partial charge in [-0.1, -0.05) is 0 Å². The smallest absolute Gasteiger partial charge is 0.0707 e. The van der Waals surface area contributed by atoms with E-state index in [-0.39, 0.29) is 0 Å². The zero-order chi connectivity index (χ0) is 10.3. The van der Waals surface area contributed by atoms with E-state index >= 15 is 0 Å². The van der Waals surface area contributed by atoms with Crippen molar-refractivity contribution in [3.63, 3.8) is 0 Å². The second kappa shape index (κ2) is 4.04. The SMILES string of the molecule is NC1CCC(N2CC3CCC(C2)O3)CC1. The molecule has 2 atom stereocenters. The molecule has 0 aromatic heterocycles. The molecule has 3 fully saturated rings. The number of rotatable bonds is 1. The number of hydrogen-bond acceptors (Lipinski definition) is 3. The molecule has 2 saturated heterocycles. The second-order valence-corrected chi connectivity index (χ2v) is 5.48. The van der Waals surface area contributed by atoms with Crippen LogP contribution in [0.3, 0.4) is 0 Å². The highest BCUT2D eigenvalue weighted by Gasteiger charge is 2.37. The highest BCUT2D eigenvalue weighted by atomic mass is 16.5. The van der Waals surface area contributed by atoms with Gasteiger partial charge in [0.1, 0.15) is 0 Å². The van der Waals surface area contributed by atoms with Crippen molar-refractivity contribution in [2.24, 2.45) is 5.73 Å². The van der Waals surface area contributed by atoms with E-state index in [0.717, 1.165) is 6.04 Å². The fourth-order valence-electron chi connectivity index (χ4n) is 3.41. The normalized spacial score (nSPS) is 47.0. The number of morpholine rings is 1. The lowest BCUT2D eigenvalue weighted by Gasteiger charge is -2.40. The third-order valence-corrected chi connectivity index (χ3v) is 4.33. The minimum absolute atomic E-state index is 0.471. The van der Waals surface area contributed by atoms with Crippen LogP contribution in [0.4, 0.5) is 0 Å². The lowest BCUT2D eigenvalue weighted by atomic mass is 9.90. The average molecular weight is 210 g/mol. The maximum atomic E-state index is 5.95. The van der Waals surface area contributed by atoms with Gasteiger partial charge in [-0.3, -0.25) is 4.90 Å². The van der Waals surface area contributed by atoms with Crippen LogP contribution in [0.15, 0.2) is 0 Å². The third-order valence-electron chi connectivity index (χ3n) is 4.33. The van der Waals surface area contributed by atoms with Crippen LogP contribution in [-0.4, -0.2) is 42.3 Å². The van der Waals surface area contributed by atoms with Crippen molar-refractivity contribution in [3.05, 3.63) is 0 Å². The Labute approximate surface area is 91.9 Å². The first-order chi connectivity index (χ1) is 7.31. The van der Waals surface area contributed by atoms with Gasteiger partial charge < -0.3 is 10.5 Å². The minimum atomic E-state index is 0.471. The molecule has 86 valence electrons. The Kier molecular flexibility index (Phi) is 2.71. The quantitative estimate of drug-likeness (QED) is 0.705. The number of nitrogens with two attached hydrogens (primary N) is 1. The van der Waals surface area contributed by atoms with Crippen molar-refractivity contribution < 1.29 is 4.74 Å². The molecule has 3 aliphatic rings. The molecule has 0 aromatic carbocycles. The van der Waals surface area contributed by atoms with Gasteiger partial charge in [0.2, 0.25) is 0 Å². The lowest BCUT2D eigenvalue weighted by molar-refractivity contribution is -0.0577. The lowest BCUT2D eigenvalue weighted by Crippen LogP contribution is -2.49. The molecule has 0 radical (unpaired) electrons. The Morgan fingerprint density at radius 1 is 0.867 bits per heavy atom. The molecule has 3 heteroatoms. The number of ether oxygens (including phenoxy) is 1. The molecular weight excluding hydrogens is 188 g/mol. The first-order valence-electron chi connectivity index (χ1n) is 6.46. The summed E-state index contributed by atoms with van der Waals surface area (Å²) < 4.78 is 5.87. The number of fused-ring (bicyclic) bond motifs is 2. The van der Waals surface area contributed by atoms with Gasteiger partial charge in [0.15, 0.2) is 0 Å². The van der Waals surface area contributed by atoms with Gasteiger partial charge in [-0.2, -0.15) is 0 Å². The molecular formula is C12H22N2O. The van der Waals surface area contributed by atoms with Crippen LogP contribution in [0.1, 0.15) is 38.5 Å². The molecule has 15 heavy (non-hydrogen) atoms. The van der Waals surface area contributed by atoms with Crippen molar-refractivity contribution in [1.29, 1.82) is 0 Å². The highest BCUT2D eigenvalue weighted by Crippen LogP contribution is 2.31. The van der Waals surface area contributed by atoms with E-state index in [1.165, 1.54) is 51.6 Å². The summed E-state index contributed by atoms with van der Waals surface area (Å²) in [4.78, 5) is 2.68. The van der Waals surface area contributed by atoms with Crippen LogP contribution in [0.5, 0.6) is 0 Å². The summed E-state index contributed by atoms with van der Waals surface area (Å²) in [7, 11) is 0. The predicted octanol–water partition coefficient (Wildman–Crippen LogP) is 1.12. The van der Waals surface area contributed by atoms with Crippen LogP contribution in [-0.2, 0) is 4.74 Å². The van der Waals surface area contributed by atoms with E-state index in [4.69, 9.17) is 10.5 Å². The van der Waals surface area contributed by atoms with E-state index in [1.807, 2.05) is 0 Å². The maximum Gasteiger partial charge on any atom is 0.0707 e.